The number of piperidine rings is 3. The first kappa shape index (κ1) is 24.4. The summed E-state index contributed by atoms with van der Waals surface area (Å²) in [4.78, 5) is 20.5. The number of ether oxygens (including phenoxy) is 1. The van der Waals surface area contributed by atoms with E-state index in [0.29, 0.717) is 24.2 Å². The minimum atomic E-state index is -0.520. The zero-order chi connectivity index (χ0) is 26.0. The third kappa shape index (κ3) is 4.94. The molecule has 2 atom stereocenters. The minimum Gasteiger partial charge on any atom is -0.454 e. The van der Waals surface area contributed by atoms with Crippen LogP contribution in [-0.2, 0) is 16.1 Å². The second-order valence-electron chi connectivity index (χ2n) is 10.6. The maximum absolute atomic E-state index is 13.8. The molecule has 3 aromatic carbocycles. The molecule has 7 nitrogen and oxygen atoms in total. The van der Waals surface area contributed by atoms with Crippen LogP contribution in [0.1, 0.15) is 30.3 Å². The lowest BCUT2D eigenvalue weighted by atomic mass is 9.83. The fraction of sp³-hybridized carbons (Fsp3) is 0.323. The summed E-state index contributed by atoms with van der Waals surface area (Å²) in [7, 11) is 1.96. The molecular formula is C31H33N4O3+. The van der Waals surface area contributed by atoms with Gasteiger partial charge in [0.2, 0.25) is 5.82 Å². The van der Waals surface area contributed by atoms with Crippen LogP contribution < -0.4 is 4.90 Å². The second kappa shape index (κ2) is 10.4. The molecule has 4 aromatic rings. The van der Waals surface area contributed by atoms with Gasteiger partial charge in [0.25, 0.3) is 5.89 Å². The van der Waals surface area contributed by atoms with Crippen molar-refractivity contribution >= 4 is 11.7 Å². The van der Waals surface area contributed by atoms with Gasteiger partial charge in [0.1, 0.15) is 13.1 Å². The number of anilines is 1. The number of aromatic nitrogens is 2. The molecule has 3 aliphatic rings. The van der Waals surface area contributed by atoms with Crippen molar-refractivity contribution in [2.24, 2.45) is 5.92 Å². The van der Waals surface area contributed by atoms with Crippen LogP contribution in [0.3, 0.4) is 0 Å². The number of esters is 1. The van der Waals surface area contributed by atoms with Gasteiger partial charge in [-0.2, -0.15) is 4.98 Å². The van der Waals surface area contributed by atoms with Gasteiger partial charge in [-0.1, -0.05) is 71.9 Å². The van der Waals surface area contributed by atoms with Crippen molar-refractivity contribution in [1.29, 1.82) is 0 Å². The fourth-order valence-electron chi connectivity index (χ4n) is 6.07. The smallest absolute Gasteiger partial charge is 0.333 e. The minimum absolute atomic E-state index is 0.124. The number of likely N-dealkylation sites (N-methyl/N-ethyl adjacent to an activating group) is 1. The lowest BCUT2D eigenvalue weighted by Crippen LogP contribution is -2.64. The number of carbonyl (C=O) groups is 1. The van der Waals surface area contributed by atoms with E-state index in [1.807, 2.05) is 103 Å². The van der Waals surface area contributed by atoms with Gasteiger partial charge < -0.3 is 18.6 Å². The van der Waals surface area contributed by atoms with Gasteiger partial charge in [0.05, 0.1) is 13.1 Å². The number of hydrogen-bond acceptors (Lipinski definition) is 6. The van der Waals surface area contributed by atoms with Crippen LogP contribution >= 0.6 is 0 Å². The largest absolute Gasteiger partial charge is 0.454 e. The van der Waals surface area contributed by atoms with Crippen LogP contribution in [0, 0.1) is 5.92 Å². The normalized spacial score (nSPS) is 23.1. The van der Waals surface area contributed by atoms with E-state index in [1.165, 1.54) is 0 Å². The third-order valence-corrected chi connectivity index (χ3v) is 8.16. The maximum Gasteiger partial charge on any atom is 0.333 e. The summed E-state index contributed by atoms with van der Waals surface area (Å²) in [6.45, 7) is 3.55. The summed E-state index contributed by atoms with van der Waals surface area (Å²) >= 11 is 0. The Kier molecular flexibility index (Phi) is 6.68. The number of hydrogen-bond donors (Lipinski definition) is 0. The number of benzene rings is 3. The molecule has 7 rings (SSSR count). The van der Waals surface area contributed by atoms with Crippen LogP contribution in [0.25, 0.3) is 11.5 Å². The van der Waals surface area contributed by atoms with E-state index in [0.717, 1.165) is 53.8 Å². The van der Waals surface area contributed by atoms with Gasteiger partial charge in [0.15, 0.2) is 12.1 Å². The van der Waals surface area contributed by atoms with E-state index in [9.17, 15) is 4.79 Å². The summed E-state index contributed by atoms with van der Waals surface area (Å²) in [5.41, 5.74) is 2.82. The van der Waals surface area contributed by atoms with Crippen LogP contribution in [0.15, 0.2) is 95.5 Å². The van der Waals surface area contributed by atoms with Gasteiger partial charge >= 0.3 is 5.97 Å². The summed E-state index contributed by atoms with van der Waals surface area (Å²) in [6, 6.07) is 29.2. The molecule has 0 N–H and O–H groups in total. The molecule has 0 saturated carbocycles. The molecule has 38 heavy (non-hydrogen) atoms. The standard InChI is InChI=1S/C31H33N4O3/c1-34(26-15-9-4-10-16-26)29(24-11-5-2-6-12-24)31(36)37-27-21-35(19-17-23(27)18-20-35)22-28-32-30(38-33-28)25-13-7-3-8-14-25/h2-16,23,27,29H,17-22H2,1H3/q+1/t23?,27-,29?,35?/m0/s1. The number of carbonyl (C=O) groups excluding carboxylic acids is 1. The van der Waals surface area contributed by atoms with E-state index in [4.69, 9.17) is 9.26 Å². The van der Waals surface area contributed by atoms with Gasteiger partial charge in [0, 0.05) is 37.1 Å². The number of para-hydroxylation sites is 1. The molecule has 0 radical (unpaired) electrons. The van der Waals surface area contributed by atoms with Gasteiger partial charge in [-0.25, -0.2) is 4.79 Å². The van der Waals surface area contributed by atoms with Crippen LogP contribution in [0.2, 0.25) is 0 Å². The highest BCUT2D eigenvalue weighted by molar-refractivity contribution is 5.82. The Balaban J connectivity index is 1.19. The van der Waals surface area contributed by atoms with Crippen molar-refractivity contribution in [3.63, 3.8) is 0 Å². The lowest BCUT2D eigenvalue weighted by Gasteiger charge is -2.51. The maximum atomic E-state index is 13.8. The number of nitrogens with zero attached hydrogens (tertiary/aromatic N) is 4. The molecule has 7 heteroatoms. The first-order valence-corrected chi connectivity index (χ1v) is 13.4. The van der Waals surface area contributed by atoms with E-state index >= 15 is 0 Å². The number of fused-ring (bicyclic) bond motifs is 3. The zero-order valence-electron chi connectivity index (χ0n) is 21.6. The Labute approximate surface area is 223 Å². The van der Waals surface area contributed by atoms with E-state index < -0.39 is 6.04 Å². The number of quaternary nitrogens is 1. The van der Waals surface area contributed by atoms with E-state index in [1.54, 1.807) is 0 Å². The molecule has 0 spiro atoms. The third-order valence-electron chi connectivity index (χ3n) is 8.16. The predicted octanol–water partition coefficient (Wildman–Crippen LogP) is 5.27. The van der Waals surface area contributed by atoms with Gasteiger partial charge in [-0.15, -0.1) is 0 Å². The average Bonchev–Trinajstić information content (AvgIpc) is 3.43. The molecular weight excluding hydrogens is 476 g/mol. The highest BCUT2D eigenvalue weighted by Gasteiger charge is 2.49. The molecule has 0 amide bonds. The lowest BCUT2D eigenvalue weighted by molar-refractivity contribution is -0.958. The zero-order valence-corrected chi connectivity index (χ0v) is 21.6. The Morgan fingerprint density at radius 2 is 1.61 bits per heavy atom. The Morgan fingerprint density at radius 1 is 0.974 bits per heavy atom. The predicted molar refractivity (Wildman–Crippen MR) is 145 cm³/mol. The molecule has 2 bridgehead atoms. The first-order chi connectivity index (χ1) is 18.6. The van der Waals surface area contributed by atoms with Gasteiger partial charge in [-0.05, 0) is 29.8 Å². The van der Waals surface area contributed by atoms with Crippen LogP contribution in [0.5, 0.6) is 0 Å². The Bertz CT molecular complexity index is 1350. The molecule has 4 heterocycles. The summed E-state index contributed by atoms with van der Waals surface area (Å²) in [6.07, 6.45) is 1.94. The molecule has 1 unspecified atom stereocenters. The summed E-state index contributed by atoms with van der Waals surface area (Å²) in [5, 5.41) is 4.29. The fourth-order valence-corrected chi connectivity index (χ4v) is 6.07. The molecule has 3 fully saturated rings. The van der Waals surface area contributed by atoms with Crippen molar-refractivity contribution < 1.29 is 18.5 Å². The van der Waals surface area contributed by atoms with Crippen LogP contribution in [-0.4, -0.2) is 53.4 Å². The summed E-state index contributed by atoms with van der Waals surface area (Å²) in [5.74, 6) is 1.44. The average molecular weight is 510 g/mol. The first-order valence-electron chi connectivity index (χ1n) is 13.4. The van der Waals surface area contributed by atoms with Crippen molar-refractivity contribution in [3.05, 3.63) is 102 Å². The Morgan fingerprint density at radius 3 is 2.29 bits per heavy atom. The SMILES string of the molecule is CN(c1ccccc1)C(C(=O)O[C@H]1C[N+]2(Cc3noc(-c4ccccc4)n3)CCC1CC2)c1ccccc1. The second-order valence-corrected chi connectivity index (χ2v) is 10.6. The topological polar surface area (TPSA) is 68.5 Å². The van der Waals surface area contributed by atoms with Crippen molar-refractivity contribution in [2.45, 2.75) is 31.5 Å². The summed E-state index contributed by atoms with van der Waals surface area (Å²) < 4.78 is 12.8. The van der Waals surface area contributed by atoms with E-state index in [2.05, 4.69) is 10.1 Å². The quantitative estimate of drug-likeness (QED) is 0.238. The Hall–Kier alpha value is -3.97. The van der Waals surface area contributed by atoms with Crippen molar-refractivity contribution in [3.8, 4) is 11.5 Å². The van der Waals surface area contributed by atoms with Crippen LogP contribution in [0.4, 0.5) is 5.69 Å². The monoisotopic (exact) mass is 509 g/mol. The van der Waals surface area contributed by atoms with Crippen molar-refractivity contribution in [2.75, 3.05) is 31.6 Å². The molecule has 3 saturated heterocycles. The molecule has 3 aliphatic heterocycles. The van der Waals surface area contributed by atoms with Gasteiger partial charge in [-0.3, -0.25) is 0 Å². The molecule has 1 aromatic heterocycles. The molecule has 194 valence electrons. The highest BCUT2D eigenvalue weighted by Crippen LogP contribution is 2.38. The van der Waals surface area contributed by atoms with Crippen molar-refractivity contribution in [1.82, 2.24) is 10.1 Å². The molecule has 0 aliphatic carbocycles. The highest BCUT2D eigenvalue weighted by atomic mass is 16.5. The number of rotatable bonds is 8. The van der Waals surface area contributed by atoms with E-state index in [-0.39, 0.29) is 12.1 Å².